The van der Waals surface area contributed by atoms with Crippen molar-refractivity contribution in [1.29, 1.82) is 5.41 Å². The van der Waals surface area contributed by atoms with E-state index in [2.05, 4.69) is 9.97 Å². The van der Waals surface area contributed by atoms with Crippen LogP contribution >= 0.6 is 0 Å². The number of ether oxygens (including phenoxy) is 1. The minimum Gasteiger partial charge on any atom is -0.509 e. The molecule has 7 heteroatoms. The molecule has 0 fully saturated rings. The number of methoxy groups -OCH3 is 1. The molecule has 2 aromatic carbocycles. The predicted octanol–water partition coefficient (Wildman–Crippen LogP) is 2.70. The summed E-state index contributed by atoms with van der Waals surface area (Å²) < 4.78 is 5.22. The molecule has 0 spiro atoms. The first-order chi connectivity index (χ1) is 12.6. The molecule has 0 bridgehead atoms. The van der Waals surface area contributed by atoms with E-state index in [9.17, 15) is 9.90 Å². The lowest BCUT2D eigenvalue weighted by Gasteiger charge is -2.19. The van der Waals surface area contributed by atoms with Crippen LogP contribution in [0.2, 0.25) is 0 Å². The Kier molecular flexibility index (Phi) is 3.69. The number of aliphatic hydroxyl groups is 1. The number of H-pyrrole nitrogens is 1. The van der Waals surface area contributed by atoms with Gasteiger partial charge in [0, 0.05) is 11.8 Å². The maximum Gasteiger partial charge on any atom is 0.259 e. The molecule has 26 heavy (non-hydrogen) atoms. The molecule has 130 valence electrons. The van der Waals surface area contributed by atoms with Crippen LogP contribution in [0.4, 0.5) is 5.69 Å². The Morgan fingerprint density at radius 1 is 1.23 bits per heavy atom. The first-order valence-corrected chi connectivity index (χ1v) is 8.00. The molecule has 0 aliphatic carbocycles. The number of para-hydroxylation sites is 1. The quantitative estimate of drug-likeness (QED) is 0.675. The molecule has 4 rings (SSSR count). The third kappa shape index (κ3) is 2.50. The van der Waals surface area contributed by atoms with Crippen LogP contribution in [-0.4, -0.2) is 34.6 Å². The smallest absolute Gasteiger partial charge is 0.259 e. The number of aromatic amines is 1. The Balaban J connectivity index is 1.77. The van der Waals surface area contributed by atoms with Crippen LogP contribution in [-0.2, 0) is 0 Å². The number of amidine groups is 1. The lowest BCUT2D eigenvalue weighted by Crippen LogP contribution is -2.26. The lowest BCUT2D eigenvalue weighted by atomic mass is 10.2. The Labute approximate surface area is 148 Å². The van der Waals surface area contributed by atoms with Gasteiger partial charge in [-0.2, -0.15) is 0 Å². The summed E-state index contributed by atoms with van der Waals surface area (Å²) in [7, 11) is 1.57. The largest absolute Gasteiger partial charge is 0.509 e. The standard InChI is InChI=1S/C19H16N4O3/c1-26-12-6-4-5-11(9-12)23-10-15(24)16(17(23)20)18-21-14-8-3-2-7-13(14)19(25)22-18/h2-9,20,24H,10H2,1H3,(H,21,22,25). The highest BCUT2D eigenvalue weighted by molar-refractivity contribution is 6.30. The Morgan fingerprint density at radius 3 is 2.85 bits per heavy atom. The SMILES string of the molecule is COc1cccc(N2CC(O)=C(c3nc4ccccc4c(=O)[nH]3)C2=N)c1. The minimum atomic E-state index is -0.307. The van der Waals surface area contributed by atoms with E-state index in [0.29, 0.717) is 22.3 Å². The number of aromatic nitrogens is 2. The fourth-order valence-corrected chi connectivity index (χ4v) is 3.03. The molecule has 3 aromatic rings. The van der Waals surface area contributed by atoms with Crippen molar-refractivity contribution in [2.75, 3.05) is 18.6 Å². The van der Waals surface area contributed by atoms with Crippen molar-refractivity contribution in [1.82, 2.24) is 9.97 Å². The number of hydrogen-bond donors (Lipinski definition) is 3. The minimum absolute atomic E-state index is 0.0174. The van der Waals surface area contributed by atoms with Crippen molar-refractivity contribution >= 4 is 28.0 Å². The molecule has 0 radical (unpaired) electrons. The van der Waals surface area contributed by atoms with Gasteiger partial charge >= 0.3 is 0 Å². The summed E-state index contributed by atoms with van der Waals surface area (Å²) in [5.74, 6) is 0.882. The summed E-state index contributed by atoms with van der Waals surface area (Å²) in [4.78, 5) is 21.0. The van der Waals surface area contributed by atoms with Gasteiger partial charge in [0.15, 0.2) is 0 Å². The number of nitrogens with zero attached hydrogens (tertiary/aromatic N) is 2. The zero-order valence-corrected chi connectivity index (χ0v) is 14.0. The zero-order chi connectivity index (χ0) is 18.3. The molecule has 3 N–H and O–H groups in total. The molecule has 0 atom stereocenters. The number of rotatable bonds is 3. The van der Waals surface area contributed by atoms with Crippen molar-refractivity contribution in [3.8, 4) is 5.75 Å². The summed E-state index contributed by atoms with van der Waals surface area (Å²) in [6.45, 7) is 0.123. The maximum atomic E-state index is 12.3. The Hall–Kier alpha value is -3.61. The molecule has 1 aromatic heterocycles. The van der Waals surface area contributed by atoms with Crippen LogP contribution in [0, 0.1) is 5.41 Å². The fourth-order valence-electron chi connectivity index (χ4n) is 3.03. The second-order valence-corrected chi connectivity index (χ2v) is 5.89. The average Bonchev–Trinajstić information content (AvgIpc) is 2.96. The van der Waals surface area contributed by atoms with Crippen LogP contribution in [0.5, 0.6) is 5.75 Å². The number of anilines is 1. The maximum absolute atomic E-state index is 12.3. The van der Waals surface area contributed by atoms with Gasteiger partial charge in [-0.1, -0.05) is 18.2 Å². The zero-order valence-electron chi connectivity index (χ0n) is 14.0. The van der Waals surface area contributed by atoms with E-state index in [1.54, 1.807) is 48.4 Å². The van der Waals surface area contributed by atoms with E-state index < -0.39 is 0 Å². The van der Waals surface area contributed by atoms with E-state index in [0.717, 1.165) is 0 Å². The molecule has 1 aliphatic rings. The highest BCUT2D eigenvalue weighted by atomic mass is 16.5. The monoisotopic (exact) mass is 348 g/mol. The Bertz CT molecular complexity index is 1120. The van der Waals surface area contributed by atoms with Gasteiger partial charge in [-0.15, -0.1) is 0 Å². The second-order valence-electron chi connectivity index (χ2n) is 5.89. The fraction of sp³-hybridized carbons (Fsp3) is 0.105. The van der Waals surface area contributed by atoms with E-state index >= 15 is 0 Å². The van der Waals surface area contributed by atoms with Gasteiger partial charge in [0.05, 0.1) is 30.1 Å². The summed E-state index contributed by atoms with van der Waals surface area (Å²) >= 11 is 0. The topological polar surface area (TPSA) is 102 Å². The number of aliphatic hydroxyl groups excluding tert-OH is 1. The van der Waals surface area contributed by atoms with Crippen LogP contribution in [0.15, 0.2) is 59.1 Å². The van der Waals surface area contributed by atoms with Crippen molar-refractivity contribution in [2.24, 2.45) is 0 Å². The highest BCUT2D eigenvalue weighted by Crippen LogP contribution is 2.31. The predicted molar refractivity (Wildman–Crippen MR) is 100.0 cm³/mol. The first kappa shape index (κ1) is 15.9. The van der Waals surface area contributed by atoms with Gasteiger partial charge < -0.3 is 19.7 Å². The van der Waals surface area contributed by atoms with E-state index in [1.807, 2.05) is 12.1 Å². The van der Waals surface area contributed by atoms with Gasteiger partial charge in [0.2, 0.25) is 0 Å². The summed E-state index contributed by atoms with van der Waals surface area (Å²) in [5, 5.41) is 19.4. The summed E-state index contributed by atoms with van der Waals surface area (Å²) in [6, 6.07) is 14.2. The van der Waals surface area contributed by atoms with Crippen LogP contribution < -0.4 is 15.2 Å². The third-order valence-corrected chi connectivity index (χ3v) is 4.32. The van der Waals surface area contributed by atoms with Gasteiger partial charge in [0.25, 0.3) is 5.56 Å². The highest BCUT2D eigenvalue weighted by Gasteiger charge is 2.31. The molecule has 1 aliphatic heterocycles. The van der Waals surface area contributed by atoms with Crippen molar-refractivity contribution < 1.29 is 9.84 Å². The van der Waals surface area contributed by atoms with Crippen LogP contribution in [0.3, 0.4) is 0 Å². The van der Waals surface area contributed by atoms with E-state index in [-0.39, 0.29) is 35.1 Å². The van der Waals surface area contributed by atoms with Crippen LogP contribution in [0.25, 0.3) is 16.5 Å². The summed E-state index contributed by atoms with van der Waals surface area (Å²) in [5.41, 5.74) is 1.13. The van der Waals surface area contributed by atoms with Gasteiger partial charge in [0.1, 0.15) is 23.2 Å². The average molecular weight is 348 g/mol. The molecule has 0 amide bonds. The number of benzene rings is 2. The Morgan fingerprint density at radius 2 is 2.04 bits per heavy atom. The summed E-state index contributed by atoms with van der Waals surface area (Å²) in [6.07, 6.45) is 0. The lowest BCUT2D eigenvalue weighted by molar-refractivity contribution is 0.410. The normalized spacial score (nSPS) is 14.3. The van der Waals surface area contributed by atoms with Crippen molar-refractivity contribution in [2.45, 2.75) is 0 Å². The molecule has 2 heterocycles. The van der Waals surface area contributed by atoms with Gasteiger partial charge in [-0.3, -0.25) is 10.2 Å². The molecular formula is C19H16N4O3. The molecular weight excluding hydrogens is 332 g/mol. The third-order valence-electron chi connectivity index (χ3n) is 4.32. The van der Waals surface area contributed by atoms with Gasteiger partial charge in [-0.05, 0) is 24.3 Å². The molecule has 0 unspecified atom stereocenters. The first-order valence-electron chi connectivity index (χ1n) is 8.00. The van der Waals surface area contributed by atoms with E-state index in [1.165, 1.54) is 0 Å². The number of nitrogens with one attached hydrogen (secondary N) is 2. The van der Waals surface area contributed by atoms with Crippen molar-refractivity contribution in [3.63, 3.8) is 0 Å². The second kappa shape index (κ2) is 6.03. The molecule has 0 saturated heterocycles. The number of hydrogen-bond acceptors (Lipinski definition) is 5. The van der Waals surface area contributed by atoms with Gasteiger partial charge in [-0.25, -0.2) is 4.98 Å². The molecule has 7 nitrogen and oxygen atoms in total. The number of fused-ring (bicyclic) bond motifs is 1. The van der Waals surface area contributed by atoms with E-state index in [4.69, 9.17) is 10.1 Å². The van der Waals surface area contributed by atoms with Crippen LogP contribution in [0.1, 0.15) is 5.82 Å². The van der Waals surface area contributed by atoms with Crippen molar-refractivity contribution in [3.05, 3.63) is 70.5 Å². The molecule has 0 saturated carbocycles.